The highest BCUT2D eigenvalue weighted by molar-refractivity contribution is 6.01. The maximum absolute atomic E-state index is 11.7. The minimum Gasteiger partial charge on any atom is -0.370 e. The molecule has 0 aromatic heterocycles. The Labute approximate surface area is 159 Å². The van der Waals surface area contributed by atoms with Crippen LogP contribution in [0.4, 0.5) is 4.79 Å². The summed E-state index contributed by atoms with van der Waals surface area (Å²) in [6.07, 6.45) is -0.00487. The van der Waals surface area contributed by atoms with Crippen LogP contribution in [0, 0.1) is 6.92 Å². The second kappa shape index (κ2) is 8.85. The first-order valence-corrected chi connectivity index (χ1v) is 9.38. The van der Waals surface area contributed by atoms with Crippen LogP contribution in [0.15, 0.2) is 29.3 Å². The minimum absolute atomic E-state index is 0.00487. The van der Waals surface area contributed by atoms with Gasteiger partial charge in [-0.3, -0.25) is 14.7 Å². The number of imide groups is 1. The van der Waals surface area contributed by atoms with E-state index in [-0.39, 0.29) is 31.1 Å². The molecule has 2 saturated heterocycles. The largest absolute Gasteiger partial charge is 0.370 e. The Hall–Kier alpha value is -2.61. The molecular formula is C19H27N5O3. The van der Waals surface area contributed by atoms with E-state index in [1.54, 1.807) is 0 Å². The van der Waals surface area contributed by atoms with Gasteiger partial charge in [-0.2, -0.15) is 0 Å². The molecule has 2 aliphatic rings. The molecule has 2 heterocycles. The summed E-state index contributed by atoms with van der Waals surface area (Å²) in [6.45, 7) is 7.66. The van der Waals surface area contributed by atoms with Crippen molar-refractivity contribution in [2.24, 2.45) is 4.99 Å². The number of benzene rings is 1. The fraction of sp³-hybridized carbons (Fsp3) is 0.526. The Morgan fingerprint density at radius 3 is 2.89 bits per heavy atom. The third-order valence-corrected chi connectivity index (χ3v) is 4.76. The lowest BCUT2D eigenvalue weighted by Crippen LogP contribution is -2.48. The first-order chi connectivity index (χ1) is 13.1. The highest BCUT2D eigenvalue weighted by Gasteiger charge is 2.28. The van der Waals surface area contributed by atoms with Crippen molar-refractivity contribution < 1.29 is 14.3 Å². The molecule has 2 N–H and O–H groups in total. The van der Waals surface area contributed by atoms with E-state index in [2.05, 4.69) is 39.6 Å². The molecule has 0 saturated carbocycles. The Morgan fingerprint density at radius 1 is 1.37 bits per heavy atom. The highest BCUT2D eigenvalue weighted by atomic mass is 16.5. The van der Waals surface area contributed by atoms with Crippen molar-refractivity contribution >= 4 is 17.9 Å². The third-order valence-electron chi connectivity index (χ3n) is 4.76. The van der Waals surface area contributed by atoms with Crippen LogP contribution in [-0.2, 0) is 9.53 Å². The number of ether oxygens (including phenoxy) is 1. The number of hydrogen-bond acceptors (Lipinski definition) is 4. The number of aryl methyl sites for hydroxylation is 1. The number of amides is 3. The summed E-state index contributed by atoms with van der Waals surface area (Å²) in [5, 5.41) is 5.82. The fourth-order valence-electron chi connectivity index (χ4n) is 3.34. The number of morpholine rings is 1. The van der Waals surface area contributed by atoms with Crippen LogP contribution in [0.3, 0.4) is 0 Å². The van der Waals surface area contributed by atoms with Gasteiger partial charge in [0.1, 0.15) is 6.10 Å². The van der Waals surface area contributed by atoms with Gasteiger partial charge in [-0.1, -0.05) is 24.3 Å². The molecule has 146 valence electrons. The van der Waals surface area contributed by atoms with E-state index < -0.39 is 0 Å². The quantitative estimate of drug-likeness (QED) is 0.455. The summed E-state index contributed by atoms with van der Waals surface area (Å²) in [6, 6.07) is 7.91. The van der Waals surface area contributed by atoms with Crippen LogP contribution in [-0.4, -0.2) is 73.6 Å². The summed E-state index contributed by atoms with van der Waals surface area (Å²) in [5.74, 6) is 0.581. The topological polar surface area (TPSA) is 86.3 Å². The van der Waals surface area contributed by atoms with Gasteiger partial charge in [0.25, 0.3) is 0 Å². The van der Waals surface area contributed by atoms with E-state index in [4.69, 9.17) is 4.74 Å². The summed E-state index contributed by atoms with van der Waals surface area (Å²) in [7, 11) is 0. The van der Waals surface area contributed by atoms with Gasteiger partial charge >= 0.3 is 6.03 Å². The lowest BCUT2D eigenvalue weighted by molar-refractivity contribution is -0.124. The van der Waals surface area contributed by atoms with Crippen LogP contribution >= 0.6 is 0 Å². The van der Waals surface area contributed by atoms with Gasteiger partial charge in [-0.15, -0.1) is 0 Å². The van der Waals surface area contributed by atoms with Crippen molar-refractivity contribution in [1.82, 2.24) is 20.4 Å². The van der Waals surface area contributed by atoms with Crippen LogP contribution in [0.5, 0.6) is 0 Å². The van der Waals surface area contributed by atoms with Gasteiger partial charge in [0, 0.05) is 13.1 Å². The SMILES string of the molecule is CCNC(=NCCN1C(=O)CNC1=O)N1CCOC(c2ccccc2C)C1. The average molecular weight is 373 g/mol. The molecule has 3 amide bonds. The first kappa shape index (κ1) is 19.2. The second-order valence-corrected chi connectivity index (χ2v) is 6.60. The lowest BCUT2D eigenvalue weighted by Gasteiger charge is -2.36. The first-order valence-electron chi connectivity index (χ1n) is 9.38. The molecule has 1 unspecified atom stereocenters. The minimum atomic E-state index is -0.341. The van der Waals surface area contributed by atoms with Crippen molar-refractivity contribution in [3.05, 3.63) is 35.4 Å². The highest BCUT2D eigenvalue weighted by Crippen LogP contribution is 2.24. The maximum atomic E-state index is 11.7. The van der Waals surface area contributed by atoms with Gasteiger partial charge in [-0.05, 0) is 25.0 Å². The Balaban J connectivity index is 1.65. The number of rotatable bonds is 5. The van der Waals surface area contributed by atoms with E-state index in [1.807, 2.05) is 19.1 Å². The number of nitrogens with one attached hydrogen (secondary N) is 2. The van der Waals surface area contributed by atoms with Crippen LogP contribution < -0.4 is 10.6 Å². The second-order valence-electron chi connectivity index (χ2n) is 6.60. The van der Waals surface area contributed by atoms with Gasteiger partial charge in [0.15, 0.2) is 5.96 Å². The molecule has 3 rings (SSSR count). The third kappa shape index (κ3) is 4.57. The normalized spacial score (nSPS) is 20.8. The number of nitrogens with zero attached hydrogens (tertiary/aromatic N) is 3. The summed E-state index contributed by atoms with van der Waals surface area (Å²) < 4.78 is 5.99. The number of carbonyl (C=O) groups excluding carboxylic acids is 2. The summed E-state index contributed by atoms with van der Waals surface area (Å²) in [5.41, 5.74) is 2.40. The monoisotopic (exact) mass is 373 g/mol. The van der Waals surface area contributed by atoms with E-state index >= 15 is 0 Å². The molecule has 8 heteroatoms. The molecule has 1 aromatic rings. The Kier molecular flexibility index (Phi) is 6.28. The summed E-state index contributed by atoms with van der Waals surface area (Å²) >= 11 is 0. The zero-order chi connectivity index (χ0) is 19.2. The summed E-state index contributed by atoms with van der Waals surface area (Å²) in [4.78, 5) is 31.3. The number of guanidine groups is 1. The number of hydrogen-bond donors (Lipinski definition) is 2. The average Bonchev–Trinajstić information content (AvgIpc) is 3.00. The molecule has 2 fully saturated rings. The van der Waals surface area contributed by atoms with Crippen molar-refractivity contribution in [3.8, 4) is 0 Å². The molecule has 2 aliphatic heterocycles. The number of carbonyl (C=O) groups is 2. The van der Waals surface area contributed by atoms with Gasteiger partial charge in [-0.25, -0.2) is 4.79 Å². The smallest absolute Gasteiger partial charge is 0.324 e. The van der Waals surface area contributed by atoms with E-state index in [9.17, 15) is 9.59 Å². The molecule has 0 radical (unpaired) electrons. The van der Waals surface area contributed by atoms with Crippen molar-refractivity contribution in [1.29, 1.82) is 0 Å². The molecule has 8 nitrogen and oxygen atoms in total. The molecule has 27 heavy (non-hydrogen) atoms. The van der Waals surface area contributed by atoms with Gasteiger partial charge in [0.2, 0.25) is 5.91 Å². The lowest BCUT2D eigenvalue weighted by atomic mass is 10.0. The van der Waals surface area contributed by atoms with Gasteiger partial charge < -0.3 is 20.3 Å². The van der Waals surface area contributed by atoms with Crippen LogP contribution in [0.2, 0.25) is 0 Å². The van der Waals surface area contributed by atoms with Crippen molar-refractivity contribution in [2.45, 2.75) is 20.0 Å². The predicted molar refractivity (Wildman–Crippen MR) is 103 cm³/mol. The molecular weight excluding hydrogens is 346 g/mol. The molecule has 0 bridgehead atoms. The Morgan fingerprint density at radius 2 is 2.19 bits per heavy atom. The molecule has 1 atom stereocenters. The number of urea groups is 1. The van der Waals surface area contributed by atoms with Crippen LogP contribution in [0.1, 0.15) is 24.2 Å². The molecule has 0 spiro atoms. The van der Waals surface area contributed by atoms with E-state index in [0.29, 0.717) is 19.7 Å². The van der Waals surface area contributed by atoms with Crippen molar-refractivity contribution in [3.63, 3.8) is 0 Å². The zero-order valence-corrected chi connectivity index (χ0v) is 15.9. The van der Waals surface area contributed by atoms with E-state index in [0.717, 1.165) is 19.0 Å². The fourth-order valence-corrected chi connectivity index (χ4v) is 3.34. The number of aliphatic imine (C=N–C) groups is 1. The zero-order valence-electron chi connectivity index (χ0n) is 15.9. The maximum Gasteiger partial charge on any atom is 0.324 e. The molecule has 1 aromatic carbocycles. The van der Waals surface area contributed by atoms with Gasteiger partial charge in [0.05, 0.1) is 32.8 Å². The molecule has 0 aliphatic carbocycles. The van der Waals surface area contributed by atoms with E-state index in [1.165, 1.54) is 16.0 Å². The Bertz CT molecular complexity index is 705. The van der Waals surface area contributed by atoms with Crippen LogP contribution in [0.25, 0.3) is 0 Å². The van der Waals surface area contributed by atoms with Crippen molar-refractivity contribution in [2.75, 3.05) is 45.9 Å². The standard InChI is InChI=1S/C19H27N5O3/c1-3-20-18(21-8-9-24-17(25)12-22-19(24)26)23-10-11-27-16(13-23)15-7-5-4-6-14(15)2/h4-7,16H,3,8-13H2,1-2H3,(H,20,21)(H,22,26). The predicted octanol–water partition coefficient (Wildman–Crippen LogP) is 0.886.